The molecule has 0 heterocycles. The topological polar surface area (TPSA) is 138 Å². The lowest BCUT2D eigenvalue weighted by Gasteiger charge is -2.19. The van der Waals surface area contributed by atoms with Crippen molar-refractivity contribution in [3.05, 3.63) is 85.3 Å². The number of hydrogen-bond donors (Lipinski definition) is 3. The number of carbonyl (C=O) groups excluding carboxylic acids is 1. The molecule has 2 unspecified atom stereocenters. The van der Waals surface area contributed by atoms with Crippen LogP contribution in [0.2, 0.25) is 0 Å². The number of carbonyl (C=O) groups is 1. The van der Waals surface area contributed by atoms with E-state index in [0.717, 1.165) is 38.5 Å². The zero-order valence-electron chi connectivity index (χ0n) is 34.5. The van der Waals surface area contributed by atoms with Crippen molar-refractivity contribution in [3.63, 3.8) is 0 Å². The van der Waals surface area contributed by atoms with E-state index >= 15 is 0 Å². The molecule has 0 aromatic rings. The number of unbranched alkanes of at least 4 members (excludes halogenated alkanes) is 14. The third kappa shape index (κ3) is 40.9. The molecule has 55 heavy (non-hydrogen) atoms. The summed E-state index contributed by atoms with van der Waals surface area (Å²) in [6.45, 7) is 3.92. The van der Waals surface area contributed by atoms with Gasteiger partial charge in [0.1, 0.15) is 6.61 Å². The lowest BCUT2D eigenvalue weighted by atomic mass is 10.0. The molecule has 0 aliphatic carbocycles. The van der Waals surface area contributed by atoms with Crippen LogP contribution in [0.15, 0.2) is 85.3 Å². The number of hydrogen-bond acceptors (Lipinski definition) is 8. The lowest BCUT2D eigenvalue weighted by Crippen LogP contribution is -2.27. The normalized spacial score (nSPS) is 14.9. The van der Waals surface area contributed by atoms with Crippen molar-refractivity contribution in [1.29, 1.82) is 0 Å². The Labute approximate surface area is 335 Å². The SMILES string of the molecule is CC/C=C\CC(O)/C=C/C=C/C/C=C\C/C=C\C/C=C\CCC(=O)O[C@H](CO/C=C/CCCCCCCCCCCCCCCC)COP(=O)(O)OCCN. The van der Waals surface area contributed by atoms with Gasteiger partial charge < -0.3 is 25.2 Å². The first-order valence-electron chi connectivity index (χ1n) is 21.2. The summed E-state index contributed by atoms with van der Waals surface area (Å²) < 4.78 is 33.0. The Hall–Kier alpha value is -2.52. The van der Waals surface area contributed by atoms with Crippen LogP contribution in [-0.2, 0) is 27.9 Å². The molecule has 0 fully saturated rings. The molecule has 0 rings (SSSR count). The number of phosphoric ester groups is 1. The number of aliphatic hydroxyl groups is 1. The first kappa shape index (κ1) is 52.5. The van der Waals surface area contributed by atoms with Crippen molar-refractivity contribution < 1.29 is 37.9 Å². The van der Waals surface area contributed by atoms with Gasteiger partial charge in [0.2, 0.25) is 0 Å². The molecule has 0 bridgehead atoms. The van der Waals surface area contributed by atoms with Crippen LogP contribution in [0.25, 0.3) is 0 Å². The average Bonchev–Trinajstić information content (AvgIpc) is 3.17. The smallest absolute Gasteiger partial charge is 0.472 e. The molecule has 0 amide bonds. The fraction of sp³-hybridized carbons (Fsp3) is 0.667. The maximum absolute atomic E-state index is 12.5. The Morgan fingerprint density at radius 3 is 1.85 bits per heavy atom. The standard InChI is InChI=1S/C45H78NO8P/c1-3-5-7-8-9-10-11-12-13-14-18-21-24-27-30-34-39-51-41-44(42-53-55(49,50)52-40-38-46)54-45(48)37-33-29-26-23-20-17-15-16-19-22-25-28-32-36-43(47)35-31-6-4-2/h6,16-17,19-20,25-26,28-29,31-32,34,36,39,43-44,47H,3-5,7-15,18,21-24,27,30,33,35,37-38,40-42,46H2,1-2H3,(H,49,50)/b19-16-,20-17-,28-25+,29-26-,31-6-,36-32+,39-34+/t43?,44-/m1/s1. The molecule has 0 aromatic heterocycles. The van der Waals surface area contributed by atoms with Gasteiger partial charge in [-0.1, -0.05) is 170 Å². The summed E-state index contributed by atoms with van der Waals surface area (Å²) in [6.07, 6.45) is 50.4. The highest BCUT2D eigenvalue weighted by Gasteiger charge is 2.25. The molecule has 0 saturated heterocycles. The molecular weight excluding hydrogens is 713 g/mol. The van der Waals surface area contributed by atoms with Crippen molar-refractivity contribution in [2.45, 2.75) is 167 Å². The van der Waals surface area contributed by atoms with Crippen LogP contribution < -0.4 is 5.73 Å². The van der Waals surface area contributed by atoms with Gasteiger partial charge in [0, 0.05) is 13.0 Å². The van der Waals surface area contributed by atoms with Gasteiger partial charge in [0.25, 0.3) is 0 Å². The Morgan fingerprint density at radius 1 is 0.673 bits per heavy atom. The van der Waals surface area contributed by atoms with E-state index in [1.807, 2.05) is 42.5 Å². The van der Waals surface area contributed by atoms with Crippen LogP contribution in [0, 0.1) is 0 Å². The summed E-state index contributed by atoms with van der Waals surface area (Å²) in [4.78, 5) is 22.4. The molecule has 0 aliphatic heterocycles. The third-order valence-corrected chi connectivity index (χ3v) is 9.47. The molecular formula is C45H78NO8P. The second-order valence-electron chi connectivity index (χ2n) is 13.7. The molecule has 0 aliphatic rings. The van der Waals surface area contributed by atoms with Gasteiger partial charge in [-0.15, -0.1) is 0 Å². The predicted octanol–water partition coefficient (Wildman–Crippen LogP) is 11.8. The van der Waals surface area contributed by atoms with Crippen LogP contribution in [0.1, 0.15) is 155 Å². The number of aliphatic hydroxyl groups excluding tert-OH is 1. The first-order valence-corrected chi connectivity index (χ1v) is 22.7. The maximum atomic E-state index is 12.5. The molecule has 0 spiro atoms. The number of phosphoric acid groups is 1. The summed E-state index contributed by atoms with van der Waals surface area (Å²) in [5.41, 5.74) is 5.35. The third-order valence-electron chi connectivity index (χ3n) is 8.48. The van der Waals surface area contributed by atoms with Gasteiger partial charge in [-0.25, -0.2) is 4.57 Å². The maximum Gasteiger partial charge on any atom is 0.472 e. The molecule has 10 heteroatoms. The predicted molar refractivity (Wildman–Crippen MR) is 230 cm³/mol. The summed E-state index contributed by atoms with van der Waals surface area (Å²) >= 11 is 0. The van der Waals surface area contributed by atoms with E-state index in [4.69, 9.17) is 24.3 Å². The Kier molecular flexibility index (Phi) is 39.2. The van der Waals surface area contributed by atoms with Gasteiger partial charge >= 0.3 is 13.8 Å². The largest absolute Gasteiger partial charge is 0.498 e. The van der Waals surface area contributed by atoms with E-state index in [2.05, 4.69) is 44.2 Å². The Balaban J connectivity index is 4.29. The quantitative estimate of drug-likeness (QED) is 0.0139. The number of esters is 1. The van der Waals surface area contributed by atoms with Crippen LogP contribution in [0.4, 0.5) is 0 Å². The van der Waals surface area contributed by atoms with Gasteiger partial charge in [-0.3, -0.25) is 13.8 Å². The Bertz CT molecular complexity index is 1130. The van der Waals surface area contributed by atoms with Crippen molar-refractivity contribution in [1.82, 2.24) is 0 Å². The molecule has 0 aromatic carbocycles. The van der Waals surface area contributed by atoms with Crippen LogP contribution in [-0.4, -0.2) is 54.5 Å². The van der Waals surface area contributed by atoms with E-state index in [-0.39, 0.29) is 32.8 Å². The fourth-order valence-corrected chi connectivity index (χ4v) is 6.13. The zero-order chi connectivity index (χ0) is 40.3. The highest BCUT2D eigenvalue weighted by molar-refractivity contribution is 7.47. The number of allylic oxidation sites excluding steroid dienone is 11. The van der Waals surface area contributed by atoms with Gasteiger partial charge in [-0.05, 0) is 57.4 Å². The minimum atomic E-state index is -4.33. The lowest BCUT2D eigenvalue weighted by molar-refractivity contribution is -0.153. The minimum absolute atomic E-state index is 0.0123. The van der Waals surface area contributed by atoms with E-state index in [9.17, 15) is 19.4 Å². The number of nitrogens with two attached hydrogens (primary N) is 1. The monoisotopic (exact) mass is 792 g/mol. The molecule has 0 radical (unpaired) electrons. The zero-order valence-corrected chi connectivity index (χ0v) is 35.4. The van der Waals surface area contributed by atoms with E-state index in [0.29, 0.717) is 12.8 Å². The summed E-state index contributed by atoms with van der Waals surface area (Å²) in [5, 5.41) is 9.83. The van der Waals surface area contributed by atoms with E-state index in [1.54, 1.807) is 12.3 Å². The van der Waals surface area contributed by atoms with Gasteiger partial charge in [0.05, 0.1) is 25.6 Å². The van der Waals surface area contributed by atoms with E-state index in [1.165, 1.54) is 83.5 Å². The van der Waals surface area contributed by atoms with Crippen molar-refractivity contribution in [3.8, 4) is 0 Å². The first-order chi connectivity index (χ1) is 26.8. The molecule has 3 atom stereocenters. The highest BCUT2D eigenvalue weighted by Crippen LogP contribution is 2.43. The summed E-state index contributed by atoms with van der Waals surface area (Å²) in [5.74, 6) is -0.450. The van der Waals surface area contributed by atoms with Crippen molar-refractivity contribution >= 4 is 13.8 Å². The van der Waals surface area contributed by atoms with Crippen LogP contribution >= 0.6 is 7.82 Å². The average molecular weight is 792 g/mol. The molecule has 9 nitrogen and oxygen atoms in total. The number of rotatable bonds is 39. The summed E-state index contributed by atoms with van der Waals surface area (Å²) in [6, 6.07) is 0. The highest BCUT2D eigenvalue weighted by atomic mass is 31.2. The summed E-state index contributed by atoms with van der Waals surface area (Å²) in [7, 11) is -4.33. The van der Waals surface area contributed by atoms with Crippen molar-refractivity contribution in [2.24, 2.45) is 5.73 Å². The van der Waals surface area contributed by atoms with Gasteiger partial charge in [-0.2, -0.15) is 0 Å². The fourth-order valence-electron chi connectivity index (χ4n) is 5.37. The van der Waals surface area contributed by atoms with Crippen LogP contribution in [0.5, 0.6) is 0 Å². The van der Waals surface area contributed by atoms with Crippen molar-refractivity contribution in [2.75, 3.05) is 26.4 Å². The second kappa shape index (κ2) is 41.1. The molecule has 316 valence electrons. The van der Waals surface area contributed by atoms with Gasteiger partial charge in [0.15, 0.2) is 6.10 Å². The second-order valence-corrected chi connectivity index (χ2v) is 15.2. The minimum Gasteiger partial charge on any atom is -0.498 e. The number of ether oxygens (including phenoxy) is 2. The molecule has 4 N–H and O–H groups in total. The Morgan fingerprint density at radius 2 is 1.25 bits per heavy atom. The van der Waals surface area contributed by atoms with Crippen LogP contribution in [0.3, 0.4) is 0 Å². The molecule has 0 saturated carbocycles. The van der Waals surface area contributed by atoms with E-state index < -0.39 is 26.0 Å².